The van der Waals surface area contributed by atoms with E-state index in [1.165, 1.54) is 0 Å². The van der Waals surface area contributed by atoms with Gasteiger partial charge in [0.2, 0.25) is 5.91 Å². The normalized spacial score (nSPS) is 20.7. The Morgan fingerprint density at radius 1 is 1.09 bits per heavy atom. The fourth-order valence-electron chi connectivity index (χ4n) is 3.43. The van der Waals surface area contributed by atoms with Crippen LogP contribution in [0.5, 0.6) is 5.75 Å². The van der Waals surface area contributed by atoms with E-state index >= 15 is 0 Å². The maximum atomic E-state index is 12.4. The minimum Gasteiger partial charge on any atom is -0.506 e. The van der Waals surface area contributed by atoms with E-state index in [-0.39, 0.29) is 5.91 Å². The number of carbonyl (C=O) groups is 1. The first-order valence-electron chi connectivity index (χ1n) is 8.66. The summed E-state index contributed by atoms with van der Waals surface area (Å²) in [4.78, 5) is 18.9. The molecule has 2 saturated heterocycles. The number of hydrogen-bond acceptors (Lipinski definition) is 4. The molecule has 2 fully saturated rings. The lowest BCUT2D eigenvalue weighted by molar-refractivity contribution is -0.133. The summed E-state index contributed by atoms with van der Waals surface area (Å²) in [6.07, 6.45) is 2.26. The maximum absolute atomic E-state index is 12.4. The van der Waals surface area contributed by atoms with Crippen molar-refractivity contribution in [3.05, 3.63) is 24.3 Å². The van der Waals surface area contributed by atoms with Crippen LogP contribution in [0, 0.1) is 5.92 Å². The Bertz CT molecular complexity index is 533. The van der Waals surface area contributed by atoms with Gasteiger partial charge in [-0.15, -0.1) is 0 Å². The maximum Gasteiger partial charge on any atom is 0.236 e. The quantitative estimate of drug-likeness (QED) is 0.923. The highest BCUT2D eigenvalue weighted by atomic mass is 16.3. The van der Waals surface area contributed by atoms with Crippen molar-refractivity contribution in [1.82, 2.24) is 9.80 Å². The molecule has 23 heavy (non-hydrogen) atoms. The number of piperidine rings is 1. The van der Waals surface area contributed by atoms with E-state index < -0.39 is 0 Å². The van der Waals surface area contributed by atoms with Gasteiger partial charge in [0, 0.05) is 39.3 Å². The van der Waals surface area contributed by atoms with Crippen molar-refractivity contribution in [2.24, 2.45) is 5.92 Å². The summed E-state index contributed by atoms with van der Waals surface area (Å²) in [5.41, 5.74) is 0.892. The van der Waals surface area contributed by atoms with Crippen LogP contribution >= 0.6 is 0 Å². The van der Waals surface area contributed by atoms with Crippen LogP contribution in [0.4, 0.5) is 5.69 Å². The molecule has 3 rings (SSSR count). The molecule has 0 atom stereocenters. The average Bonchev–Trinajstić information content (AvgIpc) is 2.57. The second-order valence-electron chi connectivity index (χ2n) is 6.82. The van der Waals surface area contributed by atoms with Crippen LogP contribution in [-0.2, 0) is 4.79 Å². The highest BCUT2D eigenvalue weighted by Crippen LogP contribution is 2.27. The molecule has 0 aromatic heterocycles. The molecule has 1 amide bonds. The molecule has 0 bridgehead atoms. The van der Waals surface area contributed by atoms with Crippen LogP contribution in [0.15, 0.2) is 24.3 Å². The van der Waals surface area contributed by atoms with Gasteiger partial charge in [-0.2, -0.15) is 0 Å². The highest BCUT2D eigenvalue weighted by Gasteiger charge is 2.24. The zero-order chi connectivity index (χ0) is 16.2. The van der Waals surface area contributed by atoms with Crippen molar-refractivity contribution in [3.8, 4) is 5.75 Å². The van der Waals surface area contributed by atoms with Crippen LogP contribution in [0.3, 0.4) is 0 Å². The van der Waals surface area contributed by atoms with Gasteiger partial charge in [0.15, 0.2) is 0 Å². The Hall–Kier alpha value is -1.75. The molecule has 1 N–H and O–H groups in total. The van der Waals surface area contributed by atoms with E-state index in [0.717, 1.165) is 63.7 Å². The largest absolute Gasteiger partial charge is 0.506 e. The van der Waals surface area contributed by atoms with E-state index in [4.69, 9.17) is 0 Å². The first-order valence-corrected chi connectivity index (χ1v) is 8.66. The number of phenolic OH excluding ortho intramolecular Hbond substituents is 1. The smallest absolute Gasteiger partial charge is 0.236 e. The van der Waals surface area contributed by atoms with E-state index in [1.54, 1.807) is 6.07 Å². The summed E-state index contributed by atoms with van der Waals surface area (Å²) >= 11 is 0. The summed E-state index contributed by atoms with van der Waals surface area (Å²) in [6, 6.07) is 7.46. The van der Waals surface area contributed by atoms with Crippen LogP contribution in [0.2, 0.25) is 0 Å². The van der Waals surface area contributed by atoms with E-state index in [0.29, 0.717) is 12.3 Å². The molecule has 1 aromatic carbocycles. The predicted molar refractivity (Wildman–Crippen MR) is 91.7 cm³/mol. The SMILES string of the molecule is CC1CCN(C(=O)CN2CCN(c3ccccc3O)CC2)CC1. The molecule has 5 nitrogen and oxygen atoms in total. The zero-order valence-corrected chi connectivity index (χ0v) is 13.9. The van der Waals surface area contributed by atoms with Crippen LogP contribution < -0.4 is 4.90 Å². The molecular weight excluding hydrogens is 290 g/mol. The molecular formula is C18H27N3O2. The van der Waals surface area contributed by atoms with Crippen LogP contribution in [0.25, 0.3) is 0 Å². The highest BCUT2D eigenvalue weighted by molar-refractivity contribution is 5.78. The van der Waals surface area contributed by atoms with E-state index in [9.17, 15) is 9.90 Å². The first kappa shape index (κ1) is 16.1. The number of para-hydroxylation sites is 2. The standard InChI is InChI=1S/C18H27N3O2/c1-15-6-8-21(9-7-15)18(23)14-19-10-12-20(13-11-19)16-4-2-3-5-17(16)22/h2-5,15,22H,6-14H2,1H3. The number of hydrogen-bond donors (Lipinski definition) is 1. The van der Waals surface area contributed by atoms with Crippen molar-refractivity contribution < 1.29 is 9.90 Å². The minimum absolute atomic E-state index is 0.271. The van der Waals surface area contributed by atoms with E-state index in [1.807, 2.05) is 23.1 Å². The number of nitrogens with zero attached hydrogens (tertiary/aromatic N) is 3. The Kier molecular flexibility index (Phi) is 5.06. The van der Waals surface area contributed by atoms with E-state index in [2.05, 4.69) is 16.7 Å². The monoisotopic (exact) mass is 317 g/mol. The molecule has 2 aliphatic heterocycles. The number of rotatable bonds is 3. The number of phenols is 1. The molecule has 2 aliphatic rings. The van der Waals surface area contributed by atoms with Crippen LogP contribution in [0.1, 0.15) is 19.8 Å². The zero-order valence-electron chi connectivity index (χ0n) is 13.9. The van der Waals surface area contributed by atoms with Gasteiger partial charge in [-0.1, -0.05) is 19.1 Å². The molecule has 0 unspecified atom stereocenters. The molecule has 2 heterocycles. The topological polar surface area (TPSA) is 47.0 Å². The summed E-state index contributed by atoms with van der Waals surface area (Å²) in [5, 5.41) is 9.95. The number of aromatic hydroxyl groups is 1. The number of piperazine rings is 1. The third-order valence-electron chi connectivity index (χ3n) is 5.09. The fourth-order valence-corrected chi connectivity index (χ4v) is 3.43. The van der Waals surface area contributed by atoms with Gasteiger partial charge in [-0.25, -0.2) is 0 Å². The third-order valence-corrected chi connectivity index (χ3v) is 5.09. The van der Waals surface area contributed by atoms with Crippen molar-refractivity contribution >= 4 is 11.6 Å². The molecule has 0 aliphatic carbocycles. The molecule has 1 aromatic rings. The fraction of sp³-hybridized carbons (Fsp3) is 0.611. The second kappa shape index (κ2) is 7.21. The second-order valence-corrected chi connectivity index (χ2v) is 6.82. The summed E-state index contributed by atoms with van der Waals surface area (Å²) in [7, 11) is 0. The number of anilines is 1. The first-order chi connectivity index (χ1) is 11.1. The number of benzene rings is 1. The van der Waals surface area contributed by atoms with Crippen molar-refractivity contribution in [1.29, 1.82) is 0 Å². The lowest BCUT2D eigenvalue weighted by atomic mass is 9.99. The summed E-state index contributed by atoms with van der Waals surface area (Å²) < 4.78 is 0. The average molecular weight is 317 g/mol. The number of likely N-dealkylation sites (tertiary alicyclic amines) is 1. The summed E-state index contributed by atoms with van der Waals surface area (Å²) in [6.45, 7) is 8.05. The lowest BCUT2D eigenvalue weighted by Crippen LogP contribution is -2.51. The van der Waals surface area contributed by atoms with Gasteiger partial charge in [-0.05, 0) is 30.9 Å². The third kappa shape index (κ3) is 3.96. The van der Waals surface area contributed by atoms with Gasteiger partial charge in [0.05, 0.1) is 12.2 Å². The molecule has 0 radical (unpaired) electrons. The van der Waals surface area contributed by atoms with Gasteiger partial charge in [0.25, 0.3) is 0 Å². The molecule has 5 heteroatoms. The van der Waals surface area contributed by atoms with Gasteiger partial charge < -0.3 is 14.9 Å². The molecule has 0 saturated carbocycles. The van der Waals surface area contributed by atoms with Crippen molar-refractivity contribution in [2.45, 2.75) is 19.8 Å². The number of amides is 1. The lowest BCUT2D eigenvalue weighted by Gasteiger charge is -2.37. The Labute approximate surface area is 138 Å². The Morgan fingerprint density at radius 3 is 2.39 bits per heavy atom. The predicted octanol–water partition coefficient (Wildman–Crippen LogP) is 1.77. The summed E-state index contributed by atoms with van der Waals surface area (Å²) in [5.74, 6) is 1.36. The van der Waals surface area contributed by atoms with Crippen molar-refractivity contribution in [3.63, 3.8) is 0 Å². The van der Waals surface area contributed by atoms with Gasteiger partial charge in [-0.3, -0.25) is 9.69 Å². The van der Waals surface area contributed by atoms with Gasteiger partial charge >= 0.3 is 0 Å². The number of carbonyl (C=O) groups excluding carboxylic acids is 1. The molecule has 126 valence electrons. The minimum atomic E-state index is 0.271. The van der Waals surface area contributed by atoms with Gasteiger partial charge in [0.1, 0.15) is 5.75 Å². The molecule has 0 spiro atoms. The Balaban J connectivity index is 1.48. The van der Waals surface area contributed by atoms with Crippen LogP contribution in [-0.4, -0.2) is 66.6 Å². The van der Waals surface area contributed by atoms with Crippen molar-refractivity contribution in [2.75, 3.05) is 50.7 Å². The Morgan fingerprint density at radius 2 is 1.74 bits per heavy atom.